The number of para-hydroxylation sites is 1. The Balaban J connectivity index is 2.14. The van der Waals surface area contributed by atoms with Crippen LogP contribution in [0.1, 0.15) is 17.2 Å². The summed E-state index contributed by atoms with van der Waals surface area (Å²) in [6.07, 6.45) is 3.29. The van der Waals surface area contributed by atoms with E-state index in [0.29, 0.717) is 16.6 Å². The summed E-state index contributed by atoms with van der Waals surface area (Å²) in [5, 5.41) is 11.3. The van der Waals surface area contributed by atoms with Crippen LogP contribution in [0.5, 0.6) is 0 Å². The molecule has 0 fully saturated rings. The van der Waals surface area contributed by atoms with E-state index in [0.717, 1.165) is 11.6 Å². The number of benzene rings is 1. The maximum Gasteiger partial charge on any atom is 0.141 e. The molecule has 1 unspecified atom stereocenters. The van der Waals surface area contributed by atoms with Crippen molar-refractivity contribution in [2.75, 3.05) is 0 Å². The number of hydrogen-bond donors (Lipinski definition) is 1. The van der Waals surface area contributed by atoms with Gasteiger partial charge in [0.15, 0.2) is 0 Å². The maximum atomic E-state index is 13.2. The molecule has 1 N–H and O–H groups in total. The Hall–Kier alpha value is -2.33. The summed E-state index contributed by atoms with van der Waals surface area (Å²) in [7, 11) is 0. The lowest BCUT2D eigenvalue weighted by molar-refractivity contribution is 0.220. The Bertz CT molecular complexity index is 725. The lowest BCUT2D eigenvalue weighted by atomic mass is 10.00. The first-order chi connectivity index (χ1) is 9.25. The van der Waals surface area contributed by atoms with Gasteiger partial charge >= 0.3 is 0 Å². The van der Waals surface area contributed by atoms with Crippen LogP contribution in [0, 0.1) is 5.82 Å². The fourth-order valence-electron chi connectivity index (χ4n) is 2.11. The van der Waals surface area contributed by atoms with E-state index < -0.39 is 11.9 Å². The van der Waals surface area contributed by atoms with Crippen molar-refractivity contribution in [3.05, 3.63) is 71.9 Å². The standard InChI is InChI=1S/C15H11FN2O/c16-12-7-11(8-17-9-12)15(19)13-5-1-3-10-4-2-6-18-14(10)13/h1-9,15,19H. The molecule has 19 heavy (non-hydrogen) atoms. The first kappa shape index (κ1) is 11.7. The summed E-state index contributed by atoms with van der Waals surface area (Å²) in [4.78, 5) is 8.03. The summed E-state index contributed by atoms with van der Waals surface area (Å²) in [6.45, 7) is 0. The van der Waals surface area contributed by atoms with E-state index in [1.165, 1.54) is 12.3 Å². The van der Waals surface area contributed by atoms with Crippen molar-refractivity contribution in [2.45, 2.75) is 6.10 Å². The van der Waals surface area contributed by atoms with Gasteiger partial charge in [-0.05, 0) is 12.1 Å². The molecule has 0 saturated carbocycles. The highest BCUT2D eigenvalue weighted by molar-refractivity contribution is 5.82. The normalized spacial score (nSPS) is 12.5. The largest absolute Gasteiger partial charge is 0.384 e. The molecule has 0 spiro atoms. The molecule has 0 aliphatic heterocycles. The molecule has 0 aliphatic carbocycles. The topological polar surface area (TPSA) is 46.0 Å². The van der Waals surface area contributed by atoms with Crippen molar-refractivity contribution in [2.24, 2.45) is 0 Å². The molecule has 3 nitrogen and oxygen atoms in total. The van der Waals surface area contributed by atoms with Gasteiger partial charge < -0.3 is 5.11 Å². The summed E-state index contributed by atoms with van der Waals surface area (Å²) >= 11 is 0. The molecule has 2 heterocycles. The second-order valence-electron chi connectivity index (χ2n) is 4.26. The number of rotatable bonds is 2. The lowest BCUT2D eigenvalue weighted by Crippen LogP contribution is -2.02. The molecule has 3 aromatic rings. The van der Waals surface area contributed by atoms with Crippen molar-refractivity contribution in [3.8, 4) is 0 Å². The van der Waals surface area contributed by atoms with E-state index in [1.807, 2.05) is 24.3 Å². The van der Waals surface area contributed by atoms with Gasteiger partial charge in [0.05, 0.1) is 11.7 Å². The van der Waals surface area contributed by atoms with Gasteiger partial charge in [0.2, 0.25) is 0 Å². The predicted octanol–water partition coefficient (Wildman–Crippen LogP) is 2.85. The van der Waals surface area contributed by atoms with Gasteiger partial charge in [-0.1, -0.05) is 24.3 Å². The number of aromatic nitrogens is 2. The van der Waals surface area contributed by atoms with Gasteiger partial charge in [-0.2, -0.15) is 0 Å². The fourth-order valence-corrected chi connectivity index (χ4v) is 2.11. The van der Waals surface area contributed by atoms with Gasteiger partial charge in [0, 0.05) is 28.9 Å². The first-order valence-electron chi connectivity index (χ1n) is 5.88. The van der Waals surface area contributed by atoms with Crippen LogP contribution in [0.15, 0.2) is 55.0 Å². The molecular weight excluding hydrogens is 243 g/mol. The maximum absolute atomic E-state index is 13.2. The number of hydrogen-bond acceptors (Lipinski definition) is 3. The Morgan fingerprint density at radius 2 is 1.95 bits per heavy atom. The van der Waals surface area contributed by atoms with Gasteiger partial charge in [-0.3, -0.25) is 9.97 Å². The minimum Gasteiger partial charge on any atom is -0.384 e. The molecule has 4 heteroatoms. The van der Waals surface area contributed by atoms with E-state index in [2.05, 4.69) is 9.97 Å². The summed E-state index contributed by atoms with van der Waals surface area (Å²) < 4.78 is 13.2. The third-order valence-corrected chi connectivity index (χ3v) is 3.00. The SMILES string of the molecule is OC(c1cncc(F)c1)c1cccc2cccnc12. The number of fused-ring (bicyclic) bond motifs is 1. The third kappa shape index (κ3) is 2.18. The molecular formula is C15H11FN2O. The van der Waals surface area contributed by atoms with E-state index in [9.17, 15) is 9.50 Å². The molecule has 0 bridgehead atoms. The smallest absolute Gasteiger partial charge is 0.141 e. The monoisotopic (exact) mass is 254 g/mol. The van der Waals surface area contributed by atoms with Gasteiger partial charge in [0.25, 0.3) is 0 Å². The van der Waals surface area contributed by atoms with Crippen molar-refractivity contribution in [1.82, 2.24) is 9.97 Å². The number of nitrogens with zero attached hydrogens (tertiary/aromatic N) is 2. The van der Waals surface area contributed by atoms with Crippen LogP contribution >= 0.6 is 0 Å². The average molecular weight is 254 g/mol. The minimum atomic E-state index is -0.943. The molecule has 1 aromatic carbocycles. The molecule has 94 valence electrons. The van der Waals surface area contributed by atoms with Crippen molar-refractivity contribution in [1.29, 1.82) is 0 Å². The second kappa shape index (κ2) is 4.74. The van der Waals surface area contributed by atoms with Crippen molar-refractivity contribution in [3.63, 3.8) is 0 Å². The second-order valence-corrected chi connectivity index (χ2v) is 4.26. The van der Waals surface area contributed by atoms with Crippen molar-refractivity contribution < 1.29 is 9.50 Å². The van der Waals surface area contributed by atoms with Gasteiger partial charge in [-0.15, -0.1) is 0 Å². The summed E-state index contributed by atoms with van der Waals surface area (Å²) in [5.41, 5.74) is 1.77. The average Bonchev–Trinajstić information content (AvgIpc) is 2.46. The number of aliphatic hydroxyl groups excluding tert-OH is 1. The highest BCUT2D eigenvalue weighted by Crippen LogP contribution is 2.27. The van der Waals surface area contributed by atoms with E-state index in [-0.39, 0.29) is 0 Å². The van der Waals surface area contributed by atoms with E-state index in [1.54, 1.807) is 12.3 Å². The van der Waals surface area contributed by atoms with Crippen molar-refractivity contribution >= 4 is 10.9 Å². The highest BCUT2D eigenvalue weighted by atomic mass is 19.1. The van der Waals surface area contributed by atoms with Gasteiger partial charge in [0.1, 0.15) is 11.9 Å². The zero-order valence-electron chi connectivity index (χ0n) is 9.99. The van der Waals surface area contributed by atoms with Crippen LogP contribution in [-0.2, 0) is 0 Å². The molecule has 0 radical (unpaired) electrons. The zero-order chi connectivity index (χ0) is 13.2. The fraction of sp³-hybridized carbons (Fsp3) is 0.0667. The summed E-state index contributed by atoms with van der Waals surface area (Å²) in [5.74, 6) is -0.468. The van der Waals surface area contributed by atoms with Crippen LogP contribution in [0.25, 0.3) is 10.9 Å². The molecule has 0 aliphatic rings. The first-order valence-corrected chi connectivity index (χ1v) is 5.88. The summed E-state index contributed by atoms with van der Waals surface area (Å²) in [6, 6.07) is 10.6. The third-order valence-electron chi connectivity index (χ3n) is 3.00. The molecule has 1 atom stereocenters. The molecule has 2 aromatic heterocycles. The minimum absolute atomic E-state index is 0.415. The lowest BCUT2D eigenvalue weighted by Gasteiger charge is -2.13. The Morgan fingerprint density at radius 3 is 2.79 bits per heavy atom. The Labute approximate surface area is 109 Å². The molecule has 3 rings (SSSR count). The number of pyridine rings is 2. The Kier molecular flexibility index (Phi) is 2.93. The van der Waals surface area contributed by atoms with Crippen LogP contribution in [0.3, 0.4) is 0 Å². The quantitative estimate of drug-likeness (QED) is 0.764. The van der Waals surface area contributed by atoms with Gasteiger partial charge in [-0.25, -0.2) is 4.39 Å². The number of aliphatic hydroxyl groups is 1. The van der Waals surface area contributed by atoms with E-state index in [4.69, 9.17) is 0 Å². The van der Waals surface area contributed by atoms with Crippen LogP contribution in [0.4, 0.5) is 4.39 Å². The Morgan fingerprint density at radius 1 is 1.11 bits per heavy atom. The van der Waals surface area contributed by atoms with Crippen LogP contribution < -0.4 is 0 Å². The number of halogens is 1. The van der Waals surface area contributed by atoms with E-state index >= 15 is 0 Å². The highest BCUT2D eigenvalue weighted by Gasteiger charge is 2.15. The molecule has 0 saturated heterocycles. The zero-order valence-corrected chi connectivity index (χ0v) is 9.99. The predicted molar refractivity (Wildman–Crippen MR) is 70.0 cm³/mol. The molecule has 0 amide bonds. The van der Waals surface area contributed by atoms with Crippen LogP contribution in [0.2, 0.25) is 0 Å². The van der Waals surface area contributed by atoms with Crippen LogP contribution in [-0.4, -0.2) is 15.1 Å².